The summed E-state index contributed by atoms with van der Waals surface area (Å²) in [5.41, 5.74) is 0.707. The number of aldehydes is 1. The number of methoxy groups -OCH3 is 1. The molecule has 0 aromatic heterocycles. The molecule has 1 rings (SSSR count). The summed E-state index contributed by atoms with van der Waals surface area (Å²) in [6.07, 6.45) is 0.571. The van der Waals surface area contributed by atoms with Crippen molar-refractivity contribution in [3.05, 3.63) is 29.1 Å². The fourth-order valence-corrected chi connectivity index (χ4v) is 0.970. The zero-order valence-electron chi connectivity index (χ0n) is 6.93. The van der Waals surface area contributed by atoms with Crippen LogP contribution in [0, 0.1) is 12.7 Å². The molecule has 0 radical (unpaired) electrons. The zero-order valence-corrected chi connectivity index (χ0v) is 6.93. The Hall–Kier alpha value is -1.38. The lowest BCUT2D eigenvalue weighted by Gasteiger charge is -2.05. The quantitative estimate of drug-likeness (QED) is 0.631. The van der Waals surface area contributed by atoms with E-state index in [4.69, 9.17) is 4.74 Å². The van der Waals surface area contributed by atoms with E-state index in [2.05, 4.69) is 0 Å². The lowest BCUT2D eigenvalue weighted by molar-refractivity contribution is 0.111. The second kappa shape index (κ2) is 3.34. The molecule has 0 aliphatic rings. The highest BCUT2D eigenvalue weighted by Crippen LogP contribution is 2.23. The lowest BCUT2D eigenvalue weighted by atomic mass is 10.1. The van der Waals surface area contributed by atoms with Gasteiger partial charge in [0.15, 0.2) is 17.9 Å². The molecule has 3 heteroatoms. The third kappa shape index (κ3) is 1.30. The Kier molecular flexibility index (Phi) is 2.43. The summed E-state index contributed by atoms with van der Waals surface area (Å²) in [7, 11) is 1.34. The maximum absolute atomic E-state index is 13.2. The van der Waals surface area contributed by atoms with Crippen LogP contribution in [0.1, 0.15) is 15.9 Å². The molecule has 0 aliphatic carbocycles. The van der Waals surface area contributed by atoms with Crippen LogP contribution < -0.4 is 4.74 Å². The van der Waals surface area contributed by atoms with Crippen LogP contribution in [-0.2, 0) is 0 Å². The molecule has 0 spiro atoms. The summed E-state index contributed by atoms with van der Waals surface area (Å²) >= 11 is 0. The minimum atomic E-state index is -0.470. The first-order valence-electron chi connectivity index (χ1n) is 3.49. The molecule has 0 N–H and O–H groups in total. The molecule has 64 valence electrons. The van der Waals surface area contributed by atoms with Gasteiger partial charge >= 0.3 is 0 Å². The van der Waals surface area contributed by atoms with E-state index >= 15 is 0 Å². The summed E-state index contributed by atoms with van der Waals surface area (Å²) in [5, 5.41) is 0. The van der Waals surface area contributed by atoms with Crippen LogP contribution in [0.4, 0.5) is 4.39 Å². The Morgan fingerprint density at radius 2 is 2.17 bits per heavy atom. The van der Waals surface area contributed by atoms with Crippen LogP contribution in [-0.4, -0.2) is 13.4 Å². The smallest absolute Gasteiger partial charge is 0.168 e. The average molecular weight is 168 g/mol. The minimum Gasteiger partial charge on any atom is -0.493 e. The van der Waals surface area contributed by atoms with Gasteiger partial charge in [0.05, 0.1) is 12.7 Å². The Bertz CT molecular complexity index is 308. The normalized spacial score (nSPS) is 9.58. The molecule has 2 nitrogen and oxygen atoms in total. The SMILES string of the molecule is COc1c(C=O)ccc(C)c1F. The minimum absolute atomic E-state index is 0.0185. The Morgan fingerprint density at radius 1 is 1.50 bits per heavy atom. The molecular formula is C9H9FO2. The van der Waals surface area contributed by atoms with Gasteiger partial charge in [0.2, 0.25) is 0 Å². The first-order valence-corrected chi connectivity index (χ1v) is 3.49. The monoisotopic (exact) mass is 168 g/mol. The molecule has 12 heavy (non-hydrogen) atoms. The van der Waals surface area contributed by atoms with E-state index in [1.807, 2.05) is 0 Å². The highest BCUT2D eigenvalue weighted by molar-refractivity contribution is 5.79. The summed E-state index contributed by atoms with van der Waals surface area (Å²) < 4.78 is 17.9. The molecule has 1 aromatic rings. The second-order valence-electron chi connectivity index (χ2n) is 2.44. The molecule has 0 bridgehead atoms. The van der Waals surface area contributed by atoms with E-state index in [9.17, 15) is 9.18 Å². The van der Waals surface area contributed by atoms with Crippen molar-refractivity contribution >= 4 is 6.29 Å². The Balaban J connectivity index is 3.35. The lowest BCUT2D eigenvalue weighted by Crippen LogP contribution is -1.96. The Labute approximate surface area is 70.0 Å². The van der Waals surface area contributed by atoms with E-state index in [1.54, 1.807) is 13.0 Å². The highest BCUT2D eigenvalue weighted by atomic mass is 19.1. The Morgan fingerprint density at radius 3 is 2.67 bits per heavy atom. The summed E-state index contributed by atoms with van der Waals surface area (Å²) in [4.78, 5) is 10.4. The number of hydrogen-bond acceptors (Lipinski definition) is 2. The van der Waals surface area contributed by atoms with Crippen molar-refractivity contribution in [1.29, 1.82) is 0 Å². The van der Waals surface area contributed by atoms with Crippen LogP contribution in [0.15, 0.2) is 12.1 Å². The standard InChI is InChI=1S/C9H9FO2/c1-6-3-4-7(5-11)9(12-2)8(6)10/h3-5H,1-2H3. The van der Waals surface area contributed by atoms with Gasteiger partial charge in [0.1, 0.15) is 0 Å². The van der Waals surface area contributed by atoms with Crippen molar-refractivity contribution in [2.75, 3.05) is 7.11 Å². The van der Waals surface area contributed by atoms with Crippen molar-refractivity contribution < 1.29 is 13.9 Å². The first-order chi connectivity index (χ1) is 5.70. The van der Waals surface area contributed by atoms with Crippen molar-refractivity contribution in [3.63, 3.8) is 0 Å². The van der Waals surface area contributed by atoms with Gasteiger partial charge < -0.3 is 4.74 Å². The molecule has 1 aromatic carbocycles. The largest absolute Gasteiger partial charge is 0.493 e. The molecule has 0 aliphatic heterocycles. The summed E-state index contributed by atoms with van der Waals surface area (Å²) in [6.45, 7) is 1.62. The highest BCUT2D eigenvalue weighted by Gasteiger charge is 2.10. The maximum Gasteiger partial charge on any atom is 0.168 e. The van der Waals surface area contributed by atoms with Gasteiger partial charge in [-0.05, 0) is 18.6 Å². The van der Waals surface area contributed by atoms with E-state index in [1.165, 1.54) is 13.2 Å². The van der Waals surface area contributed by atoms with E-state index in [-0.39, 0.29) is 11.3 Å². The van der Waals surface area contributed by atoms with Crippen LogP contribution in [0.25, 0.3) is 0 Å². The molecule has 0 atom stereocenters. The van der Waals surface area contributed by atoms with Gasteiger partial charge in [-0.1, -0.05) is 6.07 Å². The van der Waals surface area contributed by atoms with Crippen LogP contribution in [0.2, 0.25) is 0 Å². The van der Waals surface area contributed by atoms with Gasteiger partial charge in [-0.2, -0.15) is 0 Å². The number of hydrogen-bond donors (Lipinski definition) is 0. The number of benzene rings is 1. The molecule has 0 unspecified atom stereocenters. The third-order valence-electron chi connectivity index (χ3n) is 1.65. The second-order valence-corrected chi connectivity index (χ2v) is 2.44. The predicted molar refractivity (Wildman–Crippen MR) is 43.1 cm³/mol. The van der Waals surface area contributed by atoms with Crippen molar-refractivity contribution in [2.45, 2.75) is 6.92 Å². The first kappa shape index (κ1) is 8.71. The fraction of sp³-hybridized carbons (Fsp3) is 0.222. The number of aryl methyl sites for hydroxylation is 1. The van der Waals surface area contributed by atoms with Gasteiger partial charge in [0, 0.05) is 0 Å². The summed E-state index contributed by atoms with van der Waals surface area (Å²) in [6, 6.07) is 3.08. The third-order valence-corrected chi connectivity index (χ3v) is 1.65. The maximum atomic E-state index is 13.2. The van der Waals surface area contributed by atoms with E-state index in [0.29, 0.717) is 11.8 Å². The predicted octanol–water partition coefficient (Wildman–Crippen LogP) is 1.96. The van der Waals surface area contributed by atoms with E-state index < -0.39 is 5.82 Å². The van der Waals surface area contributed by atoms with Crippen LogP contribution in [0.5, 0.6) is 5.75 Å². The topological polar surface area (TPSA) is 26.3 Å². The van der Waals surface area contributed by atoms with Gasteiger partial charge in [-0.3, -0.25) is 4.79 Å². The van der Waals surface area contributed by atoms with Crippen molar-refractivity contribution in [1.82, 2.24) is 0 Å². The number of carbonyl (C=O) groups is 1. The number of rotatable bonds is 2. The van der Waals surface area contributed by atoms with Crippen molar-refractivity contribution in [3.8, 4) is 5.75 Å². The van der Waals surface area contributed by atoms with Crippen LogP contribution in [0.3, 0.4) is 0 Å². The van der Waals surface area contributed by atoms with Gasteiger partial charge in [-0.15, -0.1) is 0 Å². The number of halogens is 1. The molecule has 0 saturated carbocycles. The fourth-order valence-electron chi connectivity index (χ4n) is 0.970. The van der Waals surface area contributed by atoms with Gasteiger partial charge in [-0.25, -0.2) is 4.39 Å². The molecular weight excluding hydrogens is 159 g/mol. The van der Waals surface area contributed by atoms with Crippen LogP contribution >= 0.6 is 0 Å². The van der Waals surface area contributed by atoms with Crippen molar-refractivity contribution in [2.24, 2.45) is 0 Å². The molecule has 0 fully saturated rings. The molecule has 0 amide bonds. The molecule has 0 saturated heterocycles. The van der Waals surface area contributed by atoms with Gasteiger partial charge in [0.25, 0.3) is 0 Å². The molecule has 0 heterocycles. The number of ether oxygens (including phenoxy) is 1. The van der Waals surface area contributed by atoms with E-state index in [0.717, 1.165) is 0 Å². The number of carbonyl (C=O) groups excluding carboxylic acids is 1. The summed E-state index contributed by atoms with van der Waals surface area (Å²) in [5.74, 6) is -0.452. The average Bonchev–Trinajstić information content (AvgIpc) is 2.09. The zero-order chi connectivity index (χ0) is 9.14.